The van der Waals surface area contributed by atoms with Crippen molar-refractivity contribution < 1.29 is 4.79 Å². The van der Waals surface area contributed by atoms with Gasteiger partial charge in [0.2, 0.25) is 0 Å². The normalized spacial score (nSPS) is 10.8. The zero-order valence-electron chi connectivity index (χ0n) is 13.7. The van der Waals surface area contributed by atoms with Crippen LogP contribution in [-0.2, 0) is 6.42 Å². The van der Waals surface area contributed by atoms with E-state index in [0.717, 1.165) is 21.7 Å². The molecule has 1 amide bonds. The van der Waals surface area contributed by atoms with E-state index >= 15 is 0 Å². The Morgan fingerprint density at radius 1 is 1.29 bits per heavy atom. The second-order valence-corrected chi connectivity index (χ2v) is 6.70. The van der Waals surface area contributed by atoms with Crippen molar-refractivity contribution in [1.29, 1.82) is 0 Å². The number of hydrogen-bond acceptors (Lipinski definition) is 5. The molecule has 0 bridgehead atoms. The third-order valence-electron chi connectivity index (χ3n) is 3.72. The van der Waals surface area contributed by atoms with Gasteiger partial charge in [0.15, 0.2) is 0 Å². The highest BCUT2D eigenvalue weighted by Crippen LogP contribution is 2.20. The van der Waals surface area contributed by atoms with Crippen molar-refractivity contribution >= 4 is 33.1 Å². The Morgan fingerprint density at radius 3 is 2.62 bits per heavy atom. The number of thiophene rings is 1. The van der Waals surface area contributed by atoms with Gasteiger partial charge in [-0.25, -0.2) is 9.66 Å². The van der Waals surface area contributed by atoms with Gasteiger partial charge in [0.05, 0.1) is 5.39 Å². The number of aryl methyl sites for hydroxylation is 1. The van der Waals surface area contributed by atoms with Gasteiger partial charge < -0.3 is 4.90 Å². The summed E-state index contributed by atoms with van der Waals surface area (Å²) in [5, 5.41) is 0.530. The molecule has 0 unspecified atom stereocenters. The first kappa shape index (κ1) is 16.2. The third-order valence-corrected chi connectivity index (χ3v) is 4.91. The molecule has 1 aromatic carbocycles. The van der Waals surface area contributed by atoms with E-state index in [4.69, 9.17) is 0 Å². The van der Waals surface area contributed by atoms with Crippen molar-refractivity contribution in [1.82, 2.24) is 9.66 Å². The molecular weight excluding hydrogens is 324 g/mol. The predicted octanol–water partition coefficient (Wildman–Crippen LogP) is 2.47. The minimum Gasteiger partial charge on any atom is -0.378 e. The zero-order valence-corrected chi connectivity index (χ0v) is 14.6. The fourth-order valence-corrected chi connectivity index (χ4v) is 3.24. The highest BCUT2D eigenvalue weighted by atomic mass is 32.1. The Morgan fingerprint density at radius 2 is 2.00 bits per heavy atom. The molecule has 6 nitrogen and oxygen atoms in total. The molecule has 0 aliphatic heterocycles. The molecule has 0 atom stereocenters. The van der Waals surface area contributed by atoms with Gasteiger partial charge in [0, 0.05) is 30.2 Å². The highest BCUT2D eigenvalue weighted by Gasteiger charge is 2.11. The third kappa shape index (κ3) is 3.03. The first-order valence-corrected chi connectivity index (χ1v) is 8.40. The van der Waals surface area contributed by atoms with Crippen LogP contribution in [0.5, 0.6) is 0 Å². The predicted molar refractivity (Wildman–Crippen MR) is 97.7 cm³/mol. The van der Waals surface area contributed by atoms with Crippen molar-refractivity contribution in [2.45, 2.75) is 13.3 Å². The minimum atomic E-state index is -0.352. The minimum absolute atomic E-state index is 0.269. The van der Waals surface area contributed by atoms with E-state index in [2.05, 4.69) is 10.4 Å². The molecule has 0 saturated carbocycles. The first-order valence-electron chi connectivity index (χ1n) is 7.58. The lowest BCUT2D eigenvalue weighted by Crippen LogP contribution is -2.33. The highest BCUT2D eigenvalue weighted by molar-refractivity contribution is 7.18. The van der Waals surface area contributed by atoms with Crippen LogP contribution in [0.3, 0.4) is 0 Å². The average Bonchev–Trinajstić information content (AvgIpc) is 3.01. The van der Waals surface area contributed by atoms with Gasteiger partial charge in [-0.2, -0.15) is 0 Å². The number of amides is 1. The van der Waals surface area contributed by atoms with E-state index in [9.17, 15) is 9.59 Å². The molecule has 2 heterocycles. The molecule has 24 heavy (non-hydrogen) atoms. The standard InChI is InChI=1S/C17H18N4O2S/c1-4-13-9-14-16(24-13)18-10-21(17(14)23)19-15(22)11-5-7-12(8-6-11)20(2)3/h5-10H,4H2,1-3H3,(H,19,22). The lowest BCUT2D eigenvalue weighted by molar-refractivity contribution is 0.101. The van der Waals surface area contributed by atoms with Gasteiger partial charge in [0.25, 0.3) is 11.5 Å². The number of fused-ring (bicyclic) bond motifs is 1. The summed E-state index contributed by atoms with van der Waals surface area (Å²) in [4.78, 5) is 32.8. The summed E-state index contributed by atoms with van der Waals surface area (Å²) in [5.41, 5.74) is 3.80. The Balaban J connectivity index is 1.87. The Kier molecular flexibility index (Phi) is 4.35. The fourth-order valence-electron chi connectivity index (χ4n) is 2.31. The number of carbonyl (C=O) groups excluding carboxylic acids is 1. The smallest absolute Gasteiger partial charge is 0.280 e. The van der Waals surface area contributed by atoms with E-state index in [1.54, 1.807) is 12.1 Å². The van der Waals surface area contributed by atoms with Crippen LogP contribution in [0.4, 0.5) is 5.69 Å². The van der Waals surface area contributed by atoms with Crippen molar-refractivity contribution in [2.75, 3.05) is 24.4 Å². The summed E-state index contributed by atoms with van der Waals surface area (Å²) in [6.07, 6.45) is 2.21. The van der Waals surface area contributed by atoms with Crippen LogP contribution in [0.1, 0.15) is 22.2 Å². The monoisotopic (exact) mass is 342 g/mol. The van der Waals surface area contributed by atoms with Crippen molar-refractivity contribution in [3.05, 3.63) is 57.5 Å². The number of aromatic nitrogens is 2. The molecule has 2 aromatic heterocycles. The second kappa shape index (κ2) is 6.45. The van der Waals surface area contributed by atoms with Crippen LogP contribution < -0.4 is 15.9 Å². The van der Waals surface area contributed by atoms with Gasteiger partial charge >= 0.3 is 0 Å². The SMILES string of the molecule is CCc1cc2c(=O)n(NC(=O)c3ccc(N(C)C)cc3)cnc2s1. The van der Waals surface area contributed by atoms with E-state index in [0.29, 0.717) is 15.8 Å². The van der Waals surface area contributed by atoms with Crippen LogP contribution >= 0.6 is 11.3 Å². The number of hydrogen-bond donors (Lipinski definition) is 1. The van der Waals surface area contributed by atoms with Crippen LogP contribution in [0.15, 0.2) is 41.5 Å². The van der Waals surface area contributed by atoms with Crippen LogP contribution in [0.25, 0.3) is 10.2 Å². The molecule has 1 N–H and O–H groups in total. The number of nitrogens with one attached hydrogen (secondary N) is 1. The van der Waals surface area contributed by atoms with Gasteiger partial charge in [-0.1, -0.05) is 6.92 Å². The number of nitrogens with zero attached hydrogens (tertiary/aromatic N) is 3. The number of benzene rings is 1. The number of carbonyl (C=O) groups is 1. The molecule has 0 fully saturated rings. The van der Waals surface area contributed by atoms with Crippen molar-refractivity contribution in [3.8, 4) is 0 Å². The maximum Gasteiger partial charge on any atom is 0.280 e. The molecule has 124 valence electrons. The van der Waals surface area contributed by atoms with E-state index in [-0.39, 0.29) is 11.5 Å². The molecular formula is C17H18N4O2S. The molecule has 0 aliphatic rings. The Labute approximate surface area is 143 Å². The zero-order chi connectivity index (χ0) is 17.3. The Bertz CT molecular complexity index is 941. The lowest BCUT2D eigenvalue weighted by Gasteiger charge is -2.13. The van der Waals surface area contributed by atoms with Gasteiger partial charge in [-0.05, 0) is 36.8 Å². The summed E-state index contributed by atoms with van der Waals surface area (Å²) in [6, 6.07) is 8.99. The molecule has 0 aliphatic carbocycles. The van der Waals surface area contributed by atoms with Crippen molar-refractivity contribution in [3.63, 3.8) is 0 Å². The van der Waals surface area contributed by atoms with E-state index in [1.165, 1.54) is 17.7 Å². The quantitative estimate of drug-likeness (QED) is 0.791. The van der Waals surface area contributed by atoms with Crippen LogP contribution in [0, 0.1) is 0 Å². The average molecular weight is 342 g/mol. The molecule has 0 spiro atoms. The summed E-state index contributed by atoms with van der Waals surface area (Å²) < 4.78 is 1.14. The molecule has 0 radical (unpaired) electrons. The fraction of sp³-hybridized carbons (Fsp3) is 0.235. The summed E-state index contributed by atoms with van der Waals surface area (Å²) in [7, 11) is 3.86. The second-order valence-electron chi connectivity index (χ2n) is 5.59. The van der Waals surface area contributed by atoms with Crippen LogP contribution in [-0.4, -0.2) is 29.7 Å². The summed E-state index contributed by atoms with van der Waals surface area (Å²) in [5.74, 6) is -0.352. The molecule has 0 saturated heterocycles. The first-order chi connectivity index (χ1) is 11.5. The van der Waals surface area contributed by atoms with Gasteiger partial charge in [-0.3, -0.25) is 15.0 Å². The van der Waals surface area contributed by atoms with Gasteiger partial charge in [-0.15, -0.1) is 11.3 Å². The van der Waals surface area contributed by atoms with Crippen molar-refractivity contribution in [2.24, 2.45) is 0 Å². The lowest BCUT2D eigenvalue weighted by atomic mass is 10.2. The maximum atomic E-state index is 12.5. The summed E-state index contributed by atoms with van der Waals surface area (Å²) in [6.45, 7) is 2.03. The topological polar surface area (TPSA) is 67.2 Å². The maximum absolute atomic E-state index is 12.5. The molecule has 3 rings (SSSR count). The molecule has 3 aromatic rings. The number of rotatable bonds is 4. The Hall–Kier alpha value is -2.67. The van der Waals surface area contributed by atoms with Crippen LogP contribution in [0.2, 0.25) is 0 Å². The summed E-state index contributed by atoms with van der Waals surface area (Å²) >= 11 is 1.50. The van der Waals surface area contributed by atoms with E-state index in [1.807, 2.05) is 44.1 Å². The van der Waals surface area contributed by atoms with E-state index < -0.39 is 0 Å². The largest absolute Gasteiger partial charge is 0.378 e. The van der Waals surface area contributed by atoms with Gasteiger partial charge in [0.1, 0.15) is 11.2 Å². The number of anilines is 1. The molecule has 7 heteroatoms.